The van der Waals surface area contributed by atoms with Crippen LogP contribution in [0.4, 0.5) is 5.69 Å². The van der Waals surface area contributed by atoms with Crippen molar-refractivity contribution < 1.29 is 4.79 Å². The molecule has 5 rings (SSSR count). The number of aryl methyl sites for hydroxylation is 1. The second-order valence-electron chi connectivity index (χ2n) is 9.02. The van der Waals surface area contributed by atoms with Crippen molar-refractivity contribution in [3.8, 4) is 0 Å². The number of hydrogen-bond donors (Lipinski definition) is 4. The molecule has 9 heteroatoms. The monoisotopic (exact) mass is 547 g/mol. The molecule has 1 aliphatic rings. The van der Waals surface area contributed by atoms with E-state index in [1.165, 1.54) is 29.8 Å². The number of fused-ring (bicyclic) bond motifs is 3. The van der Waals surface area contributed by atoms with E-state index in [0.29, 0.717) is 18.0 Å². The number of anilines is 1. The van der Waals surface area contributed by atoms with Gasteiger partial charge in [-0.2, -0.15) is 0 Å². The maximum Gasteiger partial charge on any atom is 0.237 e. The lowest BCUT2D eigenvalue weighted by atomic mass is 9.92. The Morgan fingerprint density at radius 3 is 2.75 bits per heavy atom. The fourth-order valence-corrected chi connectivity index (χ4v) is 5.04. The van der Waals surface area contributed by atoms with E-state index in [-0.39, 0.29) is 30.7 Å². The number of benzene rings is 2. The van der Waals surface area contributed by atoms with Crippen molar-refractivity contribution in [3.63, 3.8) is 0 Å². The zero-order valence-electron chi connectivity index (χ0n) is 20.0. The molecule has 5 N–H and O–H groups in total. The molecule has 2 heterocycles. The highest BCUT2D eigenvalue weighted by molar-refractivity contribution is 6.31. The second kappa shape index (κ2) is 12.6. The lowest BCUT2D eigenvalue weighted by molar-refractivity contribution is -0.122. The minimum absolute atomic E-state index is 0. The van der Waals surface area contributed by atoms with Gasteiger partial charge in [-0.3, -0.25) is 9.78 Å². The molecule has 0 aliphatic heterocycles. The highest BCUT2D eigenvalue weighted by Crippen LogP contribution is 2.34. The Bertz CT molecular complexity index is 1340. The van der Waals surface area contributed by atoms with Crippen molar-refractivity contribution in [1.82, 2.24) is 15.3 Å². The molecule has 0 bridgehead atoms. The quantitative estimate of drug-likeness (QED) is 0.216. The van der Waals surface area contributed by atoms with Crippen LogP contribution in [0.1, 0.15) is 36.1 Å². The Hall–Kier alpha value is -2.51. The third kappa shape index (κ3) is 6.06. The average Bonchev–Trinajstić information content (AvgIpc) is 3.25. The van der Waals surface area contributed by atoms with Gasteiger partial charge in [-0.1, -0.05) is 29.8 Å². The Labute approximate surface area is 228 Å². The molecular formula is C27H32Cl3N5O. The van der Waals surface area contributed by atoms with Crippen molar-refractivity contribution in [3.05, 3.63) is 70.5 Å². The molecule has 36 heavy (non-hydrogen) atoms. The summed E-state index contributed by atoms with van der Waals surface area (Å²) in [6.45, 7) is 1.33. The van der Waals surface area contributed by atoms with Crippen LogP contribution in [0.3, 0.4) is 0 Å². The molecule has 0 unspecified atom stereocenters. The lowest BCUT2D eigenvalue weighted by Crippen LogP contribution is -2.42. The molecule has 1 amide bonds. The number of aromatic nitrogens is 2. The highest BCUT2D eigenvalue weighted by Gasteiger charge is 2.19. The highest BCUT2D eigenvalue weighted by atomic mass is 35.5. The molecule has 0 saturated heterocycles. The molecule has 0 saturated carbocycles. The fraction of sp³-hybridized carbons (Fsp3) is 0.333. The minimum atomic E-state index is -0.576. The molecule has 1 aliphatic carbocycles. The maximum atomic E-state index is 12.5. The van der Waals surface area contributed by atoms with Crippen molar-refractivity contribution in [2.24, 2.45) is 5.73 Å². The number of nitrogens with two attached hydrogens (primary N) is 1. The van der Waals surface area contributed by atoms with E-state index in [1.54, 1.807) is 0 Å². The average molecular weight is 549 g/mol. The van der Waals surface area contributed by atoms with Crippen LogP contribution in [-0.4, -0.2) is 35.0 Å². The number of halogens is 3. The molecule has 2 aromatic carbocycles. The van der Waals surface area contributed by atoms with Gasteiger partial charge in [0.1, 0.15) is 0 Å². The molecule has 192 valence electrons. The Kier molecular flexibility index (Phi) is 9.85. The van der Waals surface area contributed by atoms with Crippen LogP contribution in [-0.2, 0) is 24.1 Å². The van der Waals surface area contributed by atoms with Gasteiger partial charge in [-0.05, 0) is 73.9 Å². The zero-order chi connectivity index (χ0) is 23.5. The van der Waals surface area contributed by atoms with Gasteiger partial charge in [0.15, 0.2) is 0 Å². The van der Waals surface area contributed by atoms with E-state index in [1.807, 2.05) is 48.7 Å². The molecule has 2 aromatic heterocycles. The van der Waals surface area contributed by atoms with Crippen molar-refractivity contribution in [2.45, 2.75) is 44.6 Å². The van der Waals surface area contributed by atoms with Crippen LogP contribution in [0.5, 0.6) is 0 Å². The molecule has 0 radical (unpaired) electrons. The number of rotatable bonds is 8. The van der Waals surface area contributed by atoms with Crippen LogP contribution >= 0.6 is 36.4 Å². The first-order valence-corrected chi connectivity index (χ1v) is 12.4. The molecule has 1 atom stereocenters. The molecule has 6 nitrogen and oxygen atoms in total. The Morgan fingerprint density at radius 1 is 1.08 bits per heavy atom. The summed E-state index contributed by atoms with van der Waals surface area (Å²) >= 11 is 6.22. The number of carbonyl (C=O) groups excluding carboxylic acids is 1. The van der Waals surface area contributed by atoms with Gasteiger partial charge in [0.05, 0.1) is 11.6 Å². The minimum Gasteiger partial charge on any atom is -0.384 e. The predicted octanol–water partition coefficient (Wildman–Crippen LogP) is 5.58. The number of pyridine rings is 1. The summed E-state index contributed by atoms with van der Waals surface area (Å²) in [4.78, 5) is 20.7. The lowest BCUT2D eigenvalue weighted by Gasteiger charge is -2.22. The van der Waals surface area contributed by atoms with E-state index < -0.39 is 6.04 Å². The summed E-state index contributed by atoms with van der Waals surface area (Å²) in [5, 5.41) is 9.54. The summed E-state index contributed by atoms with van der Waals surface area (Å²) in [5.74, 6) is -0.119. The summed E-state index contributed by atoms with van der Waals surface area (Å²) in [5.41, 5.74) is 12.9. The SMILES string of the molecule is Cl.Cl.N[C@@H](Cc1c[nH]c2ccccc12)C(=O)NCCCNc1c2c(nc3cc(Cl)ccc13)CCCC2. The number of para-hydroxylation sites is 1. The summed E-state index contributed by atoms with van der Waals surface area (Å²) in [6, 6.07) is 13.4. The van der Waals surface area contributed by atoms with Crippen molar-refractivity contribution in [2.75, 3.05) is 18.4 Å². The number of amides is 1. The van der Waals surface area contributed by atoms with Crippen molar-refractivity contribution >= 4 is 69.8 Å². The molecule has 4 aromatic rings. The molecular weight excluding hydrogens is 517 g/mol. The first-order chi connectivity index (χ1) is 16.6. The van der Waals surface area contributed by atoms with E-state index in [4.69, 9.17) is 22.3 Å². The first kappa shape index (κ1) is 28.1. The largest absolute Gasteiger partial charge is 0.384 e. The Balaban J connectivity index is 0.00000180. The molecule has 0 fully saturated rings. The standard InChI is InChI=1S/C27H30ClN5O.2ClH/c28-18-10-11-21-25(15-18)33-24-9-4-2-7-20(24)26(21)30-12-5-13-31-27(34)22(29)14-17-16-32-23-8-3-1-6-19(17)23;;/h1,3,6,8,10-11,15-16,22,32H,2,4-5,7,9,12-14,29H2,(H,30,33)(H,31,34);2*1H/t22-;;/m0../s1. The topological polar surface area (TPSA) is 95.8 Å². The second-order valence-corrected chi connectivity index (χ2v) is 9.46. The van der Waals surface area contributed by atoms with Gasteiger partial charge in [-0.15, -0.1) is 24.8 Å². The van der Waals surface area contributed by atoms with Crippen LogP contribution < -0.4 is 16.4 Å². The number of nitrogens with zero attached hydrogens (tertiary/aromatic N) is 1. The third-order valence-corrected chi connectivity index (χ3v) is 6.87. The number of H-pyrrole nitrogens is 1. The van der Waals surface area contributed by atoms with E-state index in [2.05, 4.69) is 15.6 Å². The van der Waals surface area contributed by atoms with Gasteiger partial charge in [0, 0.05) is 52.0 Å². The summed E-state index contributed by atoms with van der Waals surface area (Å²) in [7, 11) is 0. The smallest absolute Gasteiger partial charge is 0.237 e. The first-order valence-electron chi connectivity index (χ1n) is 12.0. The number of carbonyl (C=O) groups is 1. The van der Waals surface area contributed by atoms with E-state index >= 15 is 0 Å². The van der Waals surface area contributed by atoms with Gasteiger partial charge < -0.3 is 21.4 Å². The van der Waals surface area contributed by atoms with Gasteiger partial charge in [0.25, 0.3) is 0 Å². The van der Waals surface area contributed by atoms with Crippen LogP contribution in [0.25, 0.3) is 21.8 Å². The van der Waals surface area contributed by atoms with Crippen LogP contribution in [0, 0.1) is 0 Å². The summed E-state index contributed by atoms with van der Waals surface area (Å²) in [6.07, 6.45) is 7.67. The third-order valence-electron chi connectivity index (χ3n) is 6.63. The van der Waals surface area contributed by atoms with E-state index in [9.17, 15) is 4.79 Å². The van der Waals surface area contributed by atoms with Gasteiger partial charge in [0.2, 0.25) is 5.91 Å². The predicted molar refractivity (Wildman–Crippen MR) is 154 cm³/mol. The number of aromatic amines is 1. The van der Waals surface area contributed by atoms with Gasteiger partial charge in [-0.25, -0.2) is 0 Å². The van der Waals surface area contributed by atoms with Crippen LogP contribution in [0.2, 0.25) is 5.02 Å². The van der Waals surface area contributed by atoms with E-state index in [0.717, 1.165) is 53.2 Å². The number of nitrogens with one attached hydrogen (secondary N) is 3. The Morgan fingerprint density at radius 2 is 1.89 bits per heavy atom. The van der Waals surface area contributed by atoms with Crippen molar-refractivity contribution in [1.29, 1.82) is 0 Å². The normalized spacial score (nSPS) is 13.4. The van der Waals surface area contributed by atoms with Crippen LogP contribution in [0.15, 0.2) is 48.7 Å². The summed E-state index contributed by atoms with van der Waals surface area (Å²) < 4.78 is 0. The zero-order valence-corrected chi connectivity index (χ0v) is 22.4. The molecule has 0 spiro atoms. The van der Waals surface area contributed by atoms with Gasteiger partial charge >= 0.3 is 0 Å². The number of hydrogen-bond acceptors (Lipinski definition) is 4. The fourth-order valence-electron chi connectivity index (χ4n) is 4.88. The maximum absolute atomic E-state index is 12.5.